The molecule has 0 bridgehead atoms. The fraction of sp³-hybridized carbons (Fsp3) is 0.0652. The molecule has 1 aliphatic carbocycles. The molecule has 0 unspecified atom stereocenters. The van der Waals surface area contributed by atoms with Gasteiger partial charge in [0.05, 0.1) is 0 Å². The van der Waals surface area contributed by atoms with E-state index < -0.39 is 15.2 Å². The molecule has 0 aromatic heterocycles. The Morgan fingerprint density at radius 1 is 0.438 bits per heavy atom. The van der Waals surface area contributed by atoms with Crippen molar-refractivity contribution in [3.63, 3.8) is 0 Å². The van der Waals surface area contributed by atoms with Crippen molar-refractivity contribution in [2.45, 2.75) is 20.3 Å². The Labute approximate surface area is 286 Å². The largest absolute Gasteiger partial charge is 0.0829 e. The maximum atomic E-state index is 2.49. The van der Waals surface area contributed by atoms with E-state index >= 15 is 0 Å². The molecular formula is C46H37P2. The molecule has 0 aliphatic heterocycles. The van der Waals surface area contributed by atoms with E-state index in [4.69, 9.17) is 0 Å². The van der Waals surface area contributed by atoms with Crippen molar-refractivity contribution in [1.82, 2.24) is 0 Å². The first-order valence-corrected chi connectivity index (χ1v) is 20.1. The summed E-state index contributed by atoms with van der Waals surface area (Å²) in [5.74, 6) is 0. The predicted molar refractivity (Wildman–Crippen MR) is 213 cm³/mol. The van der Waals surface area contributed by atoms with Crippen molar-refractivity contribution in [3.8, 4) is 11.1 Å². The lowest BCUT2D eigenvalue weighted by Crippen LogP contribution is -2.19. The van der Waals surface area contributed by atoms with Crippen molar-refractivity contribution in [2.75, 3.05) is 0 Å². The predicted octanol–water partition coefficient (Wildman–Crippen LogP) is 12.1. The molecule has 231 valence electrons. The van der Waals surface area contributed by atoms with Crippen molar-refractivity contribution < 1.29 is 0 Å². The molecule has 0 spiro atoms. The molecule has 0 nitrogen and oxygen atoms in total. The average Bonchev–Trinajstić information content (AvgIpc) is 3.14. The highest BCUT2D eigenvalue weighted by atomic mass is 32.1. The fourth-order valence-electron chi connectivity index (χ4n) is 6.99. The minimum atomic E-state index is -0.812. The van der Waals surface area contributed by atoms with Crippen LogP contribution in [0.25, 0.3) is 38.2 Å². The van der Waals surface area contributed by atoms with Gasteiger partial charge in [-0.3, -0.25) is 0 Å². The Hall–Kier alpha value is -4.60. The highest BCUT2D eigenvalue weighted by Crippen LogP contribution is 2.76. The molecule has 0 amide bonds. The number of rotatable bonds is 7. The first-order chi connectivity index (χ1) is 23.6. The summed E-state index contributed by atoms with van der Waals surface area (Å²) < 4.78 is 0. The minimum Gasteiger partial charge on any atom is -0.0829 e. The van der Waals surface area contributed by atoms with Crippen LogP contribution in [0.15, 0.2) is 182 Å². The van der Waals surface area contributed by atoms with Crippen LogP contribution in [-0.4, -0.2) is 0 Å². The Bertz CT molecular complexity index is 2300. The SMILES string of the molecule is CC1=C(c2ccccc2C)[C]([P@](c2ccc3ccccc3c2)[P@](c2ccc(-c3ccccc3)cc2)c2ccc3ccccc3c2)CC=C1. The molecule has 1 radical (unpaired) electrons. The first kappa shape index (κ1) is 30.7. The highest BCUT2D eigenvalue weighted by molar-refractivity contribution is 8.40. The molecular weight excluding hydrogens is 614 g/mol. The van der Waals surface area contributed by atoms with Crippen molar-refractivity contribution in [2.24, 2.45) is 0 Å². The highest BCUT2D eigenvalue weighted by Gasteiger charge is 2.37. The topological polar surface area (TPSA) is 0 Å². The van der Waals surface area contributed by atoms with Gasteiger partial charge in [-0.2, -0.15) is 0 Å². The monoisotopic (exact) mass is 651 g/mol. The maximum absolute atomic E-state index is 2.49. The van der Waals surface area contributed by atoms with Gasteiger partial charge in [0.2, 0.25) is 0 Å². The Kier molecular flexibility index (Phi) is 8.63. The van der Waals surface area contributed by atoms with Crippen LogP contribution in [0.2, 0.25) is 0 Å². The van der Waals surface area contributed by atoms with Gasteiger partial charge in [-0.25, -0.2) is 0 Å². The van der Waals surface area contributed by atoms with Gasteiger partial charge in [-0.15, -0.1) is 0 Å². The van der Waals surface area contributed by atoms with Crippen LogP contribution in [0, 0.1) is 12.6 Å². The Morgan fingerprint density at radius 2 is 0.958 bits per heavy atom. The van der Waals surface area contributed by atoms with Crippen molar-refractivity contribution in [3.05, 3.63) is 198 Å². The second-order valence-corrected chi connectivity index (χ2v) is 18.3. The van der Waals surface area contributed by atoms with Crippen LogP contribution < -0.4 is 15.9 Å². The van der Waals surface area contributed by atoms with Crippen molar-refractivity contribution >= 4 is 58.3 Å². The Morgan fingerprint density at radius 3 is 1.60 bits per heavy atom. The number of benzene rings is 7. The zero-order chi connectivity index (χ0) is 32.5. The smallest absolute Gasteiger partial charge is 0.0427 e. The molecule has 7 aromatic rings. The summed E-state index contributed by atoms with van der Waals surface area (Å²) in [5.41, 5.74) is 9.55. The summed E-state index contributed by atoms with van der Waals surface area (Å²) in [6.45, 7) is 4.57. The molecule has 0 fully saturated rings. The lowest BCUT2D eigenvalue weighted by atomic mass is 9.89. The molecule has 7 aromatic carbocycles. The van der Waals surface area contributed by atoms with E-state index in [1.165, 1.54) is 70.9 Å². The zero-order valence-electron chi connectivity index (χ0n) is 27.3. The van der Waals surface area contributed by atoms with E-state index in [0.717, 1.165) is 6.42 Å². The lowest BCUT2D eigenvalue weighted by Gasteiger charge is -2.38. The van der Waals surface area contributed by atoms with E-state index in [0.29, 0.717) is 0 Å². The van der Waals surface area contributed by atoms with Crippen LogP contribution in [0.1, 0.15) is 24.5 Å². The number of hydrogen-bond donors (Lipinski definition) is 0. The van der Waals surface area contributed by atoms with Gasteiger partial charge in [0.15, 0.2) is 0 Å². The fourth-order valence-corrected chi connectivity index (χ4v) is 15.2. The molecule has 2 atom stereocenters. The molecule has 0 saturated heterocycles. The molecule has 8 rings (SSSR count). The molecule has 0 heterocycles. The third-order valence-electron chi connectivity index (χ3n) is 9.41. The van der Waals surface area contributed by atoms with Gasteiger partial charge in [-0.05, 0) is 118 Å². The first-order valence-electron chi connectivity index (χ1n) is 16.7. The van der Waals surface area contributed by atoms with E-state index in [1.807, 2.05) is 0 Å². The van der Waals surface area contributed by atoms with E-state index in [9.17, 15) is 0 Å². The number of aryl methyl sites for hydroxylation is 1. The molecule has 0 saturated carbocycles. The summed E-state index contributed by atoms with van der Waals surface area (Å²) >= 11 is 0. The summed E-state index contributed by atoms with van der Waals surface area (Å²) in [6.07, 6.45) is 5.69. The maximum Gasteiger partial charge on any atom is 0.0427 e. The van der Waals surface area contributed by atoms with Gasteiger partial charge in [0, 0.05) is 5.66 Å². The molecule has 0 N–H and O–H groups in total. The normalized spacial score (nSPS) is 14.8. The van der Waals surface area contributed by atoms with Gasteiger partial charge < -0.3 is 0 Å². The van der Waals surface area contributed by atoms with Gasteiger partial charge in [0.25, 0.3) is 0 Å². The van der Waals surface area contributed by atoms with Crippen LogP contribution in [0.4, 0.5) is 0 Å². The molecule has 1 aliphatic rings. The summed E-state index contributed by atoms with van der Waals surface area (Å²) in [7, 11) is -1.62. The number of fused-ring (bicyclic) bond motifs is 2. The Balaban J connectivity index is 1.38. The van der Waals surface area contributed by atoms with Crippen LogP contribution in [0.5, 0.6) is 0 Å². The zero-order valence-corrected chi connectivity index (χ0v) is 29.1. The summed E-state index contributed by atoms with van der Waals surface area (Å²) in [4.78, 5) is 0. The third kappa shape index (κ3) is 5.97. The van der Waals surface area contributed by atoms with Crippen LogP contribution in [-0.2, 0) is 0 Å². The standard InChI is InChI=1S/C46H37P2/c1-33-13-6-11-21-44(33)46-34(2)14-12-22-45(46)48(43-30-26-37-18-8-10-20-40(37)32-43)47(42-29-25-36-17-7-9-19-39(36)31-42)41-27-23-38(24-28-41)35-15-4-3-5-16-35/h3-21,23-32H,22H2,1-2H3/t47-,48+/m1/s1. The van der Waals surface area contributed by atoms with Gasteiger partial charge in [-0.1, -0.05) is 164 Å². The van der Waals surface area contributed by atoms with Gasteiger partial charge >= 0.3 is 0 Å². The lowest BCUT2D eigenvalue weighted by molar-refractivity contribution is 1.19. The van der Waals surface area contributed by atoms with E-state index in [-0.39, 0.29) is 0 Å². The summed E-state index contributed by atoms with van der Waals surface area (Å²) in [5, 5.41) is 9.48. The second-order valence-electron chi connectivity index (χ2n) is 12.5. The summed E-state index contributed by atoms with van der Waals surface area (Å²) in [6, 6.07) is 61.3. The van der Waals surface area contributed by atoms with Gasteiger partial charge in [0.1, 0.15) is 0 Å². The third-order valence-corrected chi connectivity index (χ3v) is 17.0. The van der Waals surface area contributed by atoms with Crippen molar-refractivity contribution in [1.29, 1.82) is 0 Å². The minimum absolute atomic E-state index is 0.809. The van der Waals surface area contributed by atoms with Crippen LogP contribution >= 0.6 is 15.2 Å². The average molecular weight is 652 g/mol. The second kappa shape index (κ2) is 13.5. The number of hydrogen-bond acceptors (Lipinski definition) is 0. The van der Waals surface area contributed by atoms with Crippen LogP contribution in [0.3, 0.4) is 0 Å². The number of allylic oxidation sites excluding steroid dienone is 4. The van der Waals surface area contributed by atoms with E-state index in [1.54, 1.807) is 5.66 Å². The quantitative estimate of drug-likeness (QED) is 0.151. The molecule has 2 heteroatoms. The van der Waals surface area contributed by atoms with E-state index in [2.05, 4.69) is 190 Å². The molecule has 48 heavy (non-hydrogen) atoms.